The summed E-state index contributed by atoms with van der Waals surface area (Å²) in [6, 6.07) is -0.0831. The summed E-state index contributed by atoms with van der Waals surface area (Å²) < 4.78 is 10.3. The largest absolute Gasteiger partial charge is 0.497 e. The van der Waals surface area contributed by atoms with Gasteiger partial charge in [-0.1, -0.05) is 0 Å². The van der Waals surface area contributed by atoms with Crippen LogP contribution in [0.2, 0.25) is 0 Å². The van der Waals surface area contributed by atoms with Gasteiger partial charge in [-0.05, 0) is 18.9 Å². The van der Waals surface area contributed by atoms with E-state index in [0.717, 1.165) is 25.2 Å². The monoisotopic (exact) mass is 157 g/mol. The molecule has 0 radical (unpaired) electrons. The summed E-state index contributed by atoms with van der Waals surface area (Å²) in [5.41, 5.74) is 5.74. The van der Waals surface area contributed by atoms with E-state index in [0.29, 0.717) is 6.61 Å². The van der Waals surface area contributed by atoms with E-state index in [-0.39, 0.29) is 6.04 Å². The molecule has 0 saturated carbocycles. The van der Waals surface area contributed by atoms with E-state index in [9.17, 15) is 0 Å². The van der Waals surface area contributed by atoms with Gasteiger partial charge < -0.3 is 15.2 Å². The van der Waals surface area contributed by atoms with E-state index < -0.39 is 0 Å². The minimum Gasteiger partial charge on any atom is -0.497 e. The lowest BCUT2D eigenvalue weighted by molar-refractivity contribution is 0.131. The molecular formula is C8H15NO2. The van der Waals surface area contributed by atoms with E-state index in [2.05, 4.69) is 0 Å². The minimum atomic E-state index is -0.0831. The van der Waals surface area contributed by atoms with Crippen molar-refractivity contribution in [3.63, 3.8) is 0 Å². The molecule has 0 bridgehead atoms. The predicted molar refractivity (Wildman–Crippen MR) is 43.1 cm³/mol. The number of ether oxygens (including phenoxy) is 2. The molecule has 1 aliphatic rings. The van der Waals surface area contributed by atoms with Crippen LogP contribution in [0, 0.1) is 0 Å². The molecule has 1 atom stereocenters. The molecule has 0 spiro atoms. The van der Waals surface area contributed by atoms with Crippen LogP contribution in [-0.2, 0) is 9.47 Å². The van der Waals surface area contributed by atoms with Crippen molar-refractivity contribution < 1.29 is 9.47 Å². The molecular weight excluding hydrogens is 142 g/mol. The van der Waals surface area contributed by atoms with Gasteiger partial charge in [0.2, 0.25) is 0 Å². The molecule has 3 heteroatoms. The van der Waals surface area contributed by atoms with Gasteiger partial charge in [0, 0.05) is 7.11 Å². The molecule has 1 aliphatic heterocycles. The topological polar surface area (TPSA) is 44.5 Å². The molecule has 3 nitrogen and oxygen atoms in total. The fourth-order valence-electron chi connectivity index (χ4n) is 1.10. The average Bonchev–Trinajstić information content (AvgIpc) is 2.07. The fourth-order valence-corrected chi connectivity index (χ4v) is 1.10. The maximum Gasteiger partial charge on any atom is 0.111 e. The number of allylic oxidation sites excluding steroid dienone is 1. The Morgan fingerprint density at radius 1 is 1.82 bits per heavy atom. The van der Waals surface area contributed by atoms with Crippen LogP contribution in [-0.4, -0.2) is 26.4 Å². The fraction of sp³-hybridized carbons (Fsp3) is 0.750. The number of hydrogen-bond donors (Lipinski definition) is 1. The number of nitrogens with two attached hydrogens (primary N) is 1. The summed E-state index contributed by atoms with van der Waals surface area (Å²) in [6.45, 7) is 1.33. The lowest BCUT2D eigenvalue weighted by Gasteiger charge is -2.19. The van der Waals surface area contributed by atoms with Gasteiger partial charge >= 0.3 is 0 Å². The predicted octanol–water partition coefficient (Wildman–Crippen LogP) is 0.654. The Balaban J connectivity index is 2.37. The van der Waals surface area contributed by atoms with Crippen LogP contribution in [0.5, 0.6) is 0 Å². The van der Waals surface area contributed by atoms with Gasteiger partial charge in [-0.3, -0.25) is 0 Å². The Kier molecular flexibility index (Phi) is 3.39. The first-order valence-electron chi connectivity index (χ1n) is 3.92. The molecule has 64 valence electrons. The molecule has 2 N–H and O–H groups in total. The third-order valence-corrected chi connectivity index (χ3v) is 1.67. The summed E-state index contributed by atoms with van der Waals surface area (Å²) in [7, 11) is 1.64. The van der Waals surface area contributed by atoms with E-state index in [4.69, 9.17) is 15.2 Å². The first kappa shape index (κ1) is 8.56. The zero-order valence-electron chi connectivity index (χ0n) is 6.88. The first-order chi connectivity index (χ1) is 5.34. The second-order valence-corrected chi connectivity index (χ2v) is 2.66. The molecule has 0 fully saturated rings. The van der Waals surface area contributed by atoms with Gasteiger partial charge in [-0.2, -0.15) is 0 Å². The highest BCUT2D eigenvalue weighted by molar-refractivity contribution is 5.04. The molecule has 11 heavy (non-hydrogen) atoms. The van der Waals surface area contributed by atoms with Crippen molar-refractivity contribution in [3.05, 3.63) is 11.8 Å². The molecule has 1 heterocycles. The highest BCUT2D eigenvalue weighted by Crippen LogP contribution is 2.12. The molecule has 0 saturated heterocycles. The SMILES string of the molecule is COCC(N)C1=CCCCO1. The van der Waals surface area contributed by atoms with Gasteiger partial charge in [0.1, 0.15) is 5.76 Å². The van der Waals surface area contributed by atoms with Gasteiger partial charge in [-0.25, -0.2) is 0 Å². The maximum atomic E-state index is 5.74. The Morgan fingerprint density at radius 3 is 3.18 bits per heavy atom. The lowest BCUT2D eigenvalue weighted by Crippen LogP contribution is -2.30. The molecule has 1 unspecified atom stereocenters. The summed E-state index contributed by atoms with van der Waals surface area (Å²) in [5, 5.41) is 0. The Hall–Kier alpha value is -0.540. The number of rotatable bonds is 3. The van der Waals surface area contributed by atoms with E-state index in [1.54, 1.807) is 7.11 Å². The summed E-state index contributed by atoms with van der Waals surface area (Å²) in [6.07, 6.45) is 4.23. The van der Waals surface area contributed by atoms with Crippen molar-refractivity contribution in [1.82, 2.24) is 0 Å². The van der Waals surface area contributed by atoms with Gasteiger partial charge in [0.15, 0.2) is 0 Å². The van der Waals surface area contributed by atoms with Crippen LogP contribution in [0.15, 0.2) is 11.8 Å². The van der Waals surface area contributed by atoms with Crippen molar-refractivity contribution in [2.45, 2.75) is 18.9 Å². The van der Waals surface area contributed by atoms with Crippen LogP contribution in [0.1, 0.15) is 12.8 Å². The Morgan fingerprint density at radius 2 is 2.64 bits per heavy atom. The molecule has 0 aromatic carbocycles. The molecule has 0 amide bonds. The number of hydrogen-bond acceptors (Lipinski definition) is 3. The van der Waals surface area contributed by atoms with Crippen LogP contribution in [0.25, 0.3) is 0 Å². The molecule has 1 rings (SSSR count). The van der Waals surface area contributed by atoms with Gasteiger partial charge in [0.05, 0.1) is 19.3 Å². The van der Waals surface area contributed by atoms with Crippen LogP contribution < -0.4 is 5.73 Å². The average molecular weight is 157 g/mol. The number of methoxy groups -OCH3 is 1. The third kappa shape index (κ3) is 2.52. The van der Waals surface area contributed by atoms with Crippen molar-refractivity contribution in [3.8, 4) is 0 Å². The lowest BCUT2D eigenvalue weighted by atomic mass is 10.2. The molecule has 0 aromatic rings. The Bertz CT molecular complexity index is 145. The van der Waals surface area contributed by atoms with Gasteiger partial charge in [-0.15, -0.1) is 0 Å². The Labute approximate surface area is 67.2 Å². The first-order valence-corrected chi connectivity index (χ1v) is 3.92. The second kappa shape index (κ2) is 4.36. The summed E-state index contributed by atoms with van der Waals surface area (Å²) in [5.74, 6) is 0.887. The van der Waals surface area contributed by atoms with Crippen LogP contribution >= 0.6 is 0 Å². The summed E-state index contributed by atoms with van der Waals surface area (Å²) in [4.78, 5) is 0. The van der Waals surface area contributed by atoms with E-state index in [1.807, 2.05) is 6.08 Å². The van der Waals surface area contributed by atoms with E-state index >= 15 is 0 Å². The highest BCUT2D eigenvalue weighted by atomic mass is 16.5. The minimum absolute atomic E-state index is 0.0831. The van der Waals surface area contributed by atoms with Gasteiger partial charge in [0.25, 0.3) is 0 Å². The standard InChI is InChI=1S/C8H15NO2/c1-10-6-7(9)8-4-2-3-5-11-8/h4,7H,2-3,5-6,9H2,1H3. The van der Waals surface area contributed by atoms with Crippen LogP contribution in [0.3, 0.4) is 0 Å². The maximum absolute atomic E-state index is 5.74. The molecule has 0 aliphatic carbocycles. The second-order valence-electron chi connectivity index (χ2n) is 2.66. The normalized spacial score (nSPS) is 20.4. The van der Waals surface area contributed by atoms with E-state index in [1.165, 1.54) is 0 Å². The highest BCUT2D eigenvalue weighted by Gasteiger charge is 2.12. The quantitative estimate of drug-likeness (QED) is 0.654. The summed E-state index contributed by atoms with van der Waals surface area (Å²) >= 11 is 0. The zero-order chi connectivity index (χ0) is 8.10. The third-order valence-electron chi connectivity index (χ3n) is 1.67. The van der Waals surface area contributed by atoms with Crippen molar-refractivity contribution in [1.29, 1.82) is 0 Å². The van der Waals surface area contributed by atoms with Crippen LogP contribution in [0.4, 0.5) is 0 Å². The van der Waals surface area contributed by atoms with Crippen molar-refractivity contribution in [2.24, 2.45) is 5.73 Å². The van der Waals surface area contributed by atoms with Crippen molar-refractivity contribution in [2.75, 3.05) is 20.3 Å². The van der Waals surface area contributed by atoms with Crippen molar-refractivity contribution >= 4 is 0 Å². The molecule has 0 aromatic heterocycles. The smallest absolute Gasteiger partial charge is 0.111 e. The zero-order valence-corrected chi connectivity index (χ0v) is 6.88.